The van der Waals surface area contributed by atoms with E-state index in [1.54, 1.807) is 11.3 Å². The van der Waals surface area contributed by atoms with Gasteiger partial charge in [0.2, 0.25) is 0 Å². The van der Waals surface area contributed by atoms with E-state index in [9.17, 15) is 5.11 Å². The summed E-state index contributed by atoms with van der Waals surface area (Å²) in [6, 6.07) is 2.15. The molecule has 0 aliphatic rings. The van der Waals surface area contributed by atoms with Crippen LogP contribution in [-0.4, -0.2) is 11.7 Å². The van der Waals surface area contributed by atoms with Gasteiger partial charge in [-0.2, -0.15) is 0 Å². The van der Waals surface area contributed by atoms with Gasteiger partial charge in [0.25, 0.3) is 0 Å². The number of halogens is 1. The molecule has 0 fully saturated rings. The second-order valence-corrected chi connectivity index (χ2v) is 6.02. The van der Waals surface area contributed by atoms with Crippen molar-refractivity contribution < 1.29 is 5.11 Å². The number of aliphatic hydroxyl groups excluding tert-OH is 1. The summed E-state index contributed by atoms with van der Waals surface area (Å²) in [6.45, 7) is 4.70. The summed E-state index contributed by atoms with van der Waals surface area (Å²) in [5.74, 6) is 1.08. The normalized spacial score (nSPS) is 13.5. The Morgan fingerprint density at radius 3 is 2.64 bits per heavy atom. The second kappa shape index (κ2) is 5.89. The lowest BCUT2D eigenvalue weighted by molar-refractivity contribution is 0.206. The van der Waals surface area contributed by atoms with Gasteiger partial charge in [0, 0.05) is 21.3 Å². The molecule has 1 rings (SSSR count). The fourth-order valence-corrected chi connectivity index (χ4v) is 3.20. The van der Waals surface area contributed by atoms with Gasteiger partial charge >= 0.3 is 0 Å². The highest BCUT2D eigenvalue weighted by Gasteiger charge is 2.11. The van der Waals surface area contributed by atoms with Gasteiger partial charge in [0.05, 0.1) is 0 Å². The Morgan fingerprint density at radius 1 is 1.50 bits per heavy atom. The topological polar surface area (TPSA) is 20.2 Å². The van der Waals surface area contributed by atoms with E-state index in [0.717, 1.165) is 17.3 Å². The van der Waals surface area contributed by atoms with Gasteiger partial charge in [0.15, 0.2) is 0 Å². The summed E-state index contributed by atoms with van der Waals surface area (Å²) >= 11 is 5.21. The van der Waals surface area contributed by atoms with Crippen molar-refractivity contribution >= 4 is 27.3 Å². The first-order chi connectivity index (χ1) is 6.61. The average Bonchev–Trinajstić information content (AvgIpc) is 2.49. The predicted molar refractivity (Wildman–Crippen MR) is 65.8 cm³/mol. The summed E-state index contributed by atoms with van der Waals surface area (Å²) in [5, 5.41) is 11.3. The van der Waals surface area contributed by atoms with Crippen LogP contribution in [0.3, 0.4) is 0 Å². The Kier molecular flexibility index (Phi) is 5.13. The lowest BCUT2D eigenvalue weighted by Crippen LogP contribution is -2.11. The maximum atomic E-state index is 9.24. The molecule has 0 bridgehead atoms. The third kappa shape index (κ3) is 4.11. The van der Waals surface area contributed by atoms with E-state index in [0.29, 0.717) is 18.4 Å². The standard InChI is InChI=1S/C11H17BrOS/c1-8(2)3-9(6-13)4-11-5-10(12)7-14-11/h5,7-9,13H,3-4,6H2,1-2H3. The number of hydrogen-bond donors (Lipinski definition) is 1. The Labute approximate surface area is 98.3 Å². The summed E-state index contributed by atoms with van der Waals surface area (Å²) in [7, 11) is 0. The highest BCUT2D eigenvalue weighted by Crippen LogP contribution is 2.24. The fourth-order valence-electron chi connectivity index (χ4n) is 1.63. The van der Waals surface area contributed by atoms with Gasteiger partial charge in [-0.05, 0) is 46.7 Å². The molecule has 0 spiro atoms. The second-order valence-electron chi connectivity index (χ2n) is 4.11. The molecule has 1 heterocycles. The summed E-state index contributed by atoms with van der Waals surface area (Å²) in [5.41, 5.74) is 0. The van der Waals surface area contributed by atoms with Gasteiger partial charge in [-0.15, -0.1) is 11.3 Å². The van der Waals surface area contributed by atoms with Gasteiger partial charge < -0.3 is 5.11 Å². The Morgan fingerprint density at radius 2 is 2.21 bits per heavy atom. The molecule has 0 radical (unpaired) electrons. The number of hydrogen-bond acceptors (Lipinski definition) is 2. The first-order valence-electron chi connectivity index (χ1n) is 4.95. The first-order valence-corrected chi connectivity index (χ1v) is 6.62. The van der Waals surface area contributed by atoms with E-state index >= 15 is 0 Å². The molecule has 1 aromatic heterocycles. The molecule has 0 saturated carbocycles. The van der Waals surface area contributed by atoms with Crippen LogP contribution >= 0.6 is 27.3 Å². The predicted octanol–water partition coefficient (Wildman–Crippen LogP) is 3.71. The van der Waals surface area contributed by atoms with Crippen LogP contribution in [0, 0.1) is 11.8 Å². The molecule has 0 saturated heterocycles. The van der Waals surface area contributed by atoms with Gasteiger partial charge in [-0.1, -0.05) is 13.8 Å². The molecule has 0 aliphatic heterocycles. The molecular weight excluding hydrogens is 260 g/mol. The molecule has 1 atom stereocenters. The molecule has 1 unspecified atom stereocenters. The molecular formula is C11H17BrOS. The van der Waals surface area contributed by atoms with E-state index < -0.39 is 0 Å². The summed E-state index contributed by atoms with van der Waals surface area (Å²) < 4.78 is 1.15. The minimum Gasteiger partial charge on any atom is -0.396 e. The van der Waals surface area contributed by atoms with Crippen molar-refractivity contribution in [3.05, 3.63) is 20.8 Å². The number of aliphatic hydroxyl groups is 1. The van der Waals surface area contributed by atoms with Crippen LogP contribution in [0.2, 0.25) is 0 Å². The minimum absolute atomic E-state index is 0.299. The lowest BCUT2D eigenvalue weighted by Gasteiger charge is -2.15. The van der Waals surface area contributed by atoms with E-state index in [1.807, 2.05) is 0 Å². The molecule has 0 aliphatic carbocycles. The van der Waals surface area contributed by atoms with E-state index in [1.165, 1.54) is 4.88 Å². The van der Waals surface area contributed by atoms with Crippen molar-refractivity contribution in [2.45, 2.75) is 26.7 Å². The molecule has 0 aromatic carbocycles. The van der Waals surface area contributed by atoms with Crippen molar-refractivity contribution in [3.8, 4) is 0 Å². The Balaban J connectivity index is 2.48. The fraction of sp³-hybridized carbons (Fsp3) is 0.636. The van der Waals surface area contributed by atoms with Crippen molar-refractivity contribution in [2.24, 2.45) is 11.8 Å². The van der Waals surface area contributed by atoms with Gasteiger partial charge in [-0.25, -0.2) is 0 Å². The van der Waals surface area contributed by atoms with Gasteiger partial charge in [0.1, 0.15) is 0 Å². The molecule has 80 valence electrons. The Hall–Kier alpha value is 0.140. The maximum Gasteiger partial charge on any atom is 0.0462 e. The average molecular weight is 277 g/mol. The van der Waals surface area contributed by atoms with Crippen LogP contribution in [0.25, 0.3) is 0 Å². The maximum absolute atomic E-state index is 9.24. The quantitative estimate of drug-likeness (QED) is 0.870. The van der Waals surface area contributed by atoms with E-state index in [-0.39, 0.29) is 0 Å². The van der Waals surface area contributed by atoms with Crippen molar-refractivity contribution in [1.82, 2.24) is 0 Å². The minimum atomic E-state index is 0.299. The molecule has 0 amide bonds. The first kappa shape index (κ1) is 12.2. The van der Waals surface area contributed by atoms with Crippen LogP contribution in [-0.2, 0) is 6.42 Å². The third-order valence-corrected chi connectivity index (χ3v) is 3.89. The van der Waals surface area contributed by atoms with Crippen molar-refractivity contribution in [3.63, 3.8) is 0 Å². The third-order valence-electron chi connectivity index (χ3n) is 2.17. The zero-order valence-corrected chi connectivity index (χ0v) is 11.1. The molecule has 1 N–H and O–H groups in total. The zero-order valence-electron chi connectivity index (χ0n) is 8.66. The highest BCUT2D eigenvalue weighted by atomic mass is 79.9. The van der Waals surface area contributed by atoms with Crippen LogP contribution in [0.4, 0.5) is 0 Å². The van der Waals surface area contributed by atoms with Crippen molar-refractivity contribution in [1.29, 1.82) is 0 Å². The van der Waals surface area contributed by atoms with Crippen LogP contribution in [0.1, 0.15) is 25.1 Å². The molecule has 14 heavy (non-hydrogen) atoms. The zero-order chi connectivity index (χ0) is 10.6. The monoisotopic (exact) mass is 276 g/mol. The van der Waals surface area contributed by atoms with Crippen LogP contribution in [0.5, 0.6) is 0 Å². The van der Waals surface area contributed by atoms with Crippen LogP contribution < -0.4 is 0 Å². The van der Waals surface area contributed by atoms with E-state index in [2.05, 4.69) is 41.2 Å². The van der Waals surface area contributed by atoms with E-state index in [4.69, 9.17) is 0 Å². The summed E-state index contributed by atoms with van der Waals surface area (Å²) in [4.78, 5) is 1.36. The SMILES string of the molecule is CC(C)CC(CO)Cc1cc(Br)cs1. The number of rotatable bonds is 5. The van der Waals surface area contributed by atoms with Gasteiger partial charge in [-0.3, -0.25) is 0 Å². The smallest absolute Gasteiger partial charge is 0.0462 e. The Bertz CT molecular complexity index is 270. The molecule has 1 aromatic rings. The largest absolute Gasteiger partial charge is 0.396 e. The molecule has 1 nitrogen and oxygen atoms in total. The number of thiophene rings is 1. The highest BCUT2D eigenvalue weighted by molar-refractivity contribution is 9.10. The summed E-state index contributed by atoms with van der Waals surface area (Å²) in [6.07, 6.45) is 2.11. The van der Waals surface area contributed by atoms with Crippen LogP contribution in [0.15, 0.2) is 15.9 Å². The van der Waals surface area contributed by atoms with Crippen molar-refractivity contribution in [2.75, 3.05) is 6.61 Å². The molecule has 3 heteroatoms. The lowest BCUT2D eigenvalue weighted by atomic mass is 9.94.